The maximum Gasteiger partial charge on any atom is 0.348 e. The highest BCUT2D eigenvalue weighted by atomic mass is 32.1. The molecule has 0 amide bonds. The fraction of sp³-hybridized carbons (Fsp3) is 0.350. The molecule has 0 spiro atoms. The number of carbonyl (C=O) groups excluding carboxylic acids is 1. The van der Waals surface area contributed by atoms with Crippen LogP contribution in [-0.2, 0) is 24.2 Å². The van der Waals surface area contributed by atoms with E-state index in [2.05, 4.69) is 11.9 Å². The van der Waals surface area contributed by atoms with E-state index >= 15 is 0 Å². The van der Waals surface area contributed by atoms with Crippen LogP contribution in [0.3, 0.4) is 0 Å². The predicted molar refractivity (Wildman–Crippen MR) is 101 cm³/mol. The Morgan fingerprint density at radius 2 is 2.23 bits per heavy atom. The summed E-state index contributed by atoms with van der Waals surface area (Å²) < 4.78 is 6.90. The van der Waals surface area contributed by atoms with Crippen molar-refractivity contribution in [3.8, 4) is 0 Å². The van der Waals surface area contributed by atoms with Gasteiger partial charge in [-0.3, -0.25) is 9.20 Å². The van der Waals surface area contributed by atoms with E-state index in [0.717, 1.165) is 18.4 Å². The highest BCUT2D eigenvalue weighted by Gasteiger charge is 2.21. The Kier molecular flexibility index (Phi) is 4.36. The van der Waals surface area contributed by atoms with Gasteiger partial charge in [-0.25, -0.2) is 9.78 Å². The average Bonchev–Trinajstić information content (AvgIpc) is 3.03. The summed E-state index contributed by atoms with van der Waals surface area (Å²) in [6.07, 6.45) is 4.99. The standard InChI is InChI=1S/C20H20N2O3S/c1-12-3-5-16-14(7-12)8-17(26-16)20(24)25-11-15-9-19(23)22-10-13(2)4-6-18(22)21-15/h4,6,8-10,12H,3,5,7,11H2,1-2H3. The lowest BCUT2D eigenvalue weighted by atomic mass is 9.90. The Labute approximate surface area is 155 Å². The Bertz CT molecular complexity index is 1050. The van der Waals surface area contributed by atoms with Gasteiger partial charge in [-0.2, -0.15) is 0 Å². The molecular weight excluding hydrogens is 348 g/mol. The SMILES string of the molecule is Cc1ccc2nc(COC(=O)c3cc4c(s3)CCC(C)C4)cc(=O)n2c1. The van der Waals surface area contributed by atoms with Crippen LogP contribution in [0.25, 0.3) is 5.65 Å². The van der Waals surface area contributed by atoms with Crippen LogP contribution in [-0.4, -0.2) is 15.4 Å². The lowest BCUT2D eigenvalue weighted by Gasteiger charge is -2.16. The third-order valence-electron chi connectivity index (χ3n) is 4.74. The van der Waals surface area contributed by atoms with Crippen molar-refractivity contribution in [2.45, 2.75) is 39.7 Å². The number of hydrogen-bond donors (Lipinski definition) is 0. The van der Waals surface area contributed by atoms with E-state index in [9.17, 15) is 9.59 Å². The summed E-state index contributed by atoms with van der Waals surface area (Å²) in [7, 11) is 0. The molecule has 3 aromatic rings. The number of hydrogen-bond acceptors (Lipinski definition) is 5. The molecule has 0 bridgehead atoms. The molecule has 26 heavy (non-hydrogen) atoms. The van der Waals surface area contributed by atoms with E-state index in [1.165, 1.54) is 38.7 Å². The van der Waals surface area contributed by atoms with Crippen molar-refractivity contribution in [1.82, 2.24) is 9.38 Å². The topological polar surface area (TPSA) is 60.7 Å². The van der Waals surface area contributed by atoms with E-state index < -0.39 is 0 Å². The van der Waals surface area contributed by atoms with Gasteiger partial charge in [0.2, 0.25) is 0 Å². The van der Waals surface area contributed by atoms with Gasteiger partial charge < -0.3 is 4.74 Å². The van der Waals surface area contributed by atoms with Crippen LogP contribution in [0.5, 0.6) is 0 Å². The molecule has 5 nitrogen and oxygen atoms in total. The lowest BCUT2D eigenvalue weighted by Crippen LogP contribution is -2.16. The number of esters is 1. The largest absolute Gasteiger partial charge is 0.455 e. The maximum absolute atomic E-state index is 12.4. The second-order valence-electron chi connectivity index (χ2n) is 7.00. The molecule has 1 aliphatic carbocycles. The molecular formula is C20H20N2O3S. The first-order valence-corrected chi connectivity index (χ1v) is 9.59. The predicted octanol–water partition coefficient (Wildman–Crippen LogP) is 3.55. The smallest absolute Gasteiger partial charge is 0.348 e. The monoisotopic (exact) mass is 368 g/mol. The minimum atomic E-state index is -0.344. The van der Waals surface area contributed by atoms with Crippen molar-refractivity contribution in [1.29, 1.82) is 0 Å². The summed E-state index contributed by atoms with van der Waals surface area (Å²) in [5.41, 5.74) is 3.09. The number of pyridine rings is 1. The van der Waals surface area contributed by atoms with Gasteiger partial charge in [0.25, 0.3) is 5.56 Å². The average molecular weight is 368 g/mol. The molecule has 3 aromatic heterocycles. The van der Waals surface area contributed by atoms with Crippen LogP contribution in [0.4, 0.5) is 0 Å². The van der Waals surface area contributed by atoms with Gasteiger partial charge in [0.15, 0.2) is 0 Å². The first kappa shape index (κ1) is 17.0. The van der Waals surface area contributed by atoms with Crippen molar-refractivity contribution in [3.05, 3.63) is 67.4 Å². The number of ether oxygens (including phenoxy) is 1. The van der Waals surface area contributed by atoms with Crippen LogP contribution in [0.2, 0.25) is 0 Å². The zero-order valence-electron chi connectivity index (χ0n) is 14.8. The number of carbonyl (C=O) groups is 1. The fourth-order valence-electron chi connectivity index (χ4n) is 3.35. The van der Waals surface area contributed by atoms with Gasteiger partial charge >= 0.3 is 5.97 Å². The molecule has 1 aliphatic rings. The molecule has 0 radical (unpaired) electrons. The van der Waals surface area contributed by atoms with Gasteiger partial charge in [0.1, 0.15) is 17.1 Å². The lowest BCUT2D eigenvalue weighted by molar-refractivity contribution is 0.0473. The third kappa shape index (κ3) is 3.29. The van der Waals surface area contributed by atoms with Gasteiger partial charge in [0, 0.05) is 17.1 Å². The maximum atomic E-state index is 12.4. The first-order valence-electron chi connectivity index (χ1n) is 8.77. The zero-order chi connectivity index (χ0) is 18.3. The highest BCUT2D eigenvalue weighted by Crippen LogP contribution is 2.32. The molecule has 0 fully saturated rings. The first-order chi connectivity index (χ1) is 12.5. The van der Waals surface area contributed by atoms with Crippen LogP contribution >= 0.6 is 11.3 Å². The second-order valence-corrected chi connectivity index (χ2v) is 8.14. The summed E-state index contributed by atoms with van der Waals surface area (Å²) in [6.45, 7) is 4.16. The van der Waals surface area contributed by atoms with Crippen molar-refractivity contribution >= 4 is 23.0 Å². The number of nitrogens with zero attached hydrogens (tertiary/aromatic N) is 2. The molecule has 0 saturated carbocycles. The van der Waals surface area contributed by atoms with E-state index in [1.807, 2.05) is 19.1 Å². The van der Waals surface area contributed by atoms with Gasteiger partial charge in [-0.1, -0.05) is 13.0 Å². The minimum Gasteiger partial charge on any atom is -0.455 e. The normalized spacial score (nSPS) is 16.5. The number of aromatic nitrogens is 2. The minimum absolute atomic E-state index is 0.00256. The quantitative estimate of drug-likeness (QED) is 0.664. The molecule has 0 aliphatic heterocycles. The van der Waals surface area contributed by atoms with Crippen LogP contribution in [0.15, 0.2) is 35.3 Å². The van der Waals surface area contributed by atoms with Crippen LogP contribution in [0, 0.1) is 12.8 Å². The Morgan fingerprint density at radius 1 is 1.38 bits per heavy atom. The highest BCUT2D eigenvalue weighted by molar-refractivity contribution is 7.14. The number of aryl methyl sites for hydroxylation is 2. The summed E-state index contributed by atoms with van der Waals surface area (Å²) >= 11 is 1.53. The molecule has 3 heterocycles. The Balaban J connectivity index is 1.50. The van der Waals surface area contributed by atoms with Crippen molar-refractivity contribution in [3.63, 3.8) is 0 Å². The number of thiophene rings is 1. The zero-order valence-corrected chi connectivity index (χ0v) is 15.6. The molecule has 0 N–H and O–H groups in total. The second kappa shape index (κ2) is 6.68. The van der Waals surface area contributed by atoms with E-state index in [4.69, 9.17) is 4.74 Å². The van der Waals surface area contributed by atoms with Crippen molar-refractivity contribution in [2.24, 2.45) is 5.92 Å². The number of rotatable bonds is 3. The molecule has 1 unspecified atom stereocenters. The summed E-state index contributed by atoms with van der Waals surface area (Å²) in [5.74, 6) is 0.322. The Morgan fingerprint density at radius 3 is 3.08 bits per heavy atom. The van der Waals surface area contributed by atoms with Gasteiger partial charge in [-0.15, -0.1) is 11.3 Å². The van der Waals surface area contributed by atoms with Crippen molar-refractivity contribution in [2.75, 3.05) is 0 Å². The van der Waals surface area contributed by atoms with Gasteiger partial charge in [0.05, 0.1) is 5.69 Å². The summed E-state index contributed by atoms with van der Waals surface area (Å²) in [5, 5.41) is 0. The van der Waals surface area contributed by atoms with Gasteiger partial charge in [-0.05, 0) is 55.4 Å². The van der Waals surface area contributed by atoms with Crippen LogP contribution in [0.1, 0.15) is 44.7 Å². The summed E-state index contributed by atoms with van der Waals surface area (Å²) in [4.78, 5) is 30.9. The Hall–Kier alpha value is -2.47. The van der Waals surface area contributed by atoms with E-state index in [0.29, 0.717) is 22.1 Å². The van der Waals surface area contributed by atoms with Crippen LogP contribution < -0.4 is 5.56 Å². The van der Waals surface area contributed by atoms with E-state index in [-0.39, 0.29) is 18.1 Å². The molecule has 6 heteroatoms. The molecule has 0 aromatic carbocycles. The molecule has 1 atom stereocenters. The molecule has 134 valence electrons. The van der Waals surface area contributed by atoms with E-state index in [1.54, 1.807) is 12.3 Å². The molecule has 4 rings (SSSR count). The molecule has 0 saturated heterocycles. The fourth-order valence-corrected chi connectivity index (χ4v) is 4.45. The third-order valence-corrected chi connectivity index (χ3v) is 5.96. The number of fused-ring (bicyclic) bond motifs is 2. The van der Waals surface area contributed by atoms with Crippen molar-refractivity contribution < 1.29 is 9.53 Å². The summed E-state index contributed by atoms with van der Waals surface area (Å²) in [6, 6.07) is 7.07.